The first-order valence-electron chi connectivity index (χ1n) is 11.6. The number of anilines is 1. The molecule has 1 heterocycles. The third-order valence-electron chi connectivity index (χ3n) is 5.63. The Morgan fingerprint density at radius 2 is 1.82 bits per heavy atom. The number of nitrogens with one attached hydrogen (secondary N) is 1. The third-order valence-corrected chi connectivity index (χ3v) is 5.63. The van der Waals surface area contributed by atoms with E-state index < -0.39 is 0 Å². The number of methoxy groups -OCH3 is 1. The van der Waals surface area contributed by atoms with Crippen LogP contribution in [0.25, 0.3) is 16.9 Å². The van der Waals surface area contributed by atoms with E-state index in [0.29, 0.717) is 25.5 Å². The van der Waals surface area contributed by atoms with Crippen LogP contribution in [0.3, 0.4) is 0 Å². The second-order valence-corrected chi connectivity index (χ2v) is 8.91. The van der Waals surface area contributed by atoms with E-state index in [4.69, 9.17) is 9.72 Å². The maximum atomic E-state index is 13.0. The Kier molecular flexibility index (Phi) is 8.60. The number of aromatic nitrogens is 2. The normalized spacial score (nSPS) is 11.0. The Labute approximate surface area is 201 Å². The van der Waals surface area contributed by atoms with Gasteiger partial charge in [-0.15, -0.1) is 0 Å². The molecule has 3 aromatic rings. The minimum absolute atomic E-state index is 0.0601. The molecule has 1 N–H and O–H groups in total. The van der Waals surface area contributed by atoms with E-state index in [-0.39, 0.29) is 24.3 Å². The number of carbonyl (C=O) groups excluding carboxylic acids is 2. The zero-order chi connectivity index (χ0) is 24.7. The first-order chi connectivity index (χ1) is 16.3. The molecule has 0 unspecified atom stereocenters. The van der Waals surface area contributed by atoms with Crippen molar-refractivity contribution in [2.75, 3.05) is 32.1 Å². The maximum Gasteiger partial charge on any atom is 0.246 e. The molecule has 0 radical (unpaired) electrons. The van der Waals surface area contributed by atoms with Crippen LogP contribution in [0.15, 0.2) is 54.7 Å². The van der Waals surface area contributed by atoms with Crippen molar-refractivity contribution in [1.82, 2.24) is 14.5 Å². The number of benzene rings is 2. The molecule has 0 saturated heterocycles. The molecule has 2 amide bonds. The number of hydrogen-bond acceptors (Lipinski definition) is 4. The average Bonchev–Trinajstić information content (AvgIpc) is 3.22. The fourth-order valence-electron chi connectivity index (χ4n) is 3.60. The molecule has 34 heavy (non-hydrogen) atoms. The van der Waals surface area contributed by atoms with Gasteiger partial charge in [-0.3, -0.25) is 19.5 Å². The average molecular weight is 463 g/mol. The highest BCUT2D eigenvalue weighted by Gasteiger charge is 2.20. The second-order valence-electron chi connectivity index (χ2n) is 8.91. The summed E-state index contributed by atoms with van der Waals surface area (Å²) in [5.41, 5.74) is 4.95. The van der Waals surface area contributed by atoms with Crippen molar-refractivity contribution in [3.8, 4) is 16.9 Å². The molecule has 0 aliphatic carbocycles. The predicted octanol–water partition coefficient (Wildman–Crippen LogP) is 4.62. The zero-order valence-corrected chi connectivity index (χ0v) is 20.7. The van der Waals surface area contributed by atoms with Crippen LogP contribution >= 0.6 is 0 Å². The summed E-state index contributed by atoms with van der Waals surface area (Å²) >= 11 is 0. The van der Waals surface area contributed by atoms with Crippen LogP contribution in [0.4, 0.5) is 5.95 Å². The second kappa shape index (κ2) is 11.6. The number of amides is 2. The lowest BCUT2D eigenvalue weighted by Crippen LogP contribution is -2.40. The molecule has 0 aliphatic rings. The lowest BCUT2D eigenvalue weighted by Gasteiger charge is -2.22. The van der Waals surface area contributed by atoms with Crippen LogP contribution in [0.2, 0.25) is 0 Å². The van der Waals surface area contributed by atoms with Gasteiger partial charge in [-0.05, 0) is 43.0 Å². The molecule has 180 valence electrons. The first-order valence-corrected chi connectivity index (χ1v) is 11.6. The summed E-state index contributed by atoms with van der Waals surface area (Å²) in [6.45, 7) is 8.75. The largest absolute Gasteiger partial charge is 0.383 e. The fourth-order valence-corrected chi connectivity index (χ4v) is 3.60. The van der Waals surface area contributed by atoms with Crippen molar-refractivity contribution in [2.45, 2.75) is 34.1 Å². The number of carbonyl (C=O) groups is 2. The van der Waals surface area contributed by atoms with Gasteiger partial charge < -0.3 is 9.64 Å². The minimum Gasteiger partial charge on any atom is -0.383 e. The highest BCUT2D eigenvalue weighted by Crippen LogP contribution is 2.25. The van der Waals surface area contributed by atoms with Crippen LogP contribution in [-0.4, -0.2) is 53.1 Å². The molecule has 0 saturated carbocycles. The molecule has 2 aromatic carbocycles. The van der Waals surface area contributed by atoms with Gasteiger partial charge in [-0.1, -0.05) is 50.2 Å². The standard InChI is InChI=1S/C27H34N4O3/c1-19(2)15-26(33)30(13-14-34-5)18-25(32)29-27-28-24(22-9-7-6-8-10-22)17-31(27)23-12-11-20(3)21(4)16-23/h6-12,16-17,19H,13-15,18H2,1-5H3,(H,28,29,32). The zero-order valence-electron chi connectivity index (χ0n) is 20.7. The highest BCUT2D eigenvalue weighted by atomic mass is 16.5. The van der Waals surface area contributed by atoms with E-state index in [1.54, 1.807) is 12.0 Å². The van der Waals surface area contributed by atoms with E-state index in [1.165, 1.54) is 5.56 Å². The van der Waals surface area contributed by atoms with Crippen molar-refractivity contribution < 1.29 is 14.3 Å². The Morgan fingerprint density at radius 1 is 1.09 bits per heavy atom. The topological polar surface area (TPSA) is 76.5 Å². The fraction of sp³-hybridized carbons (Fsp3) is 0.370. The first kappa shape index (κ1) is 25.2. The van der Waals surface area contributed by atoms with Crippen molar-refractivity contribution in [2.24, 2.45) is 5.92 Å². The molecule has 1 aromatic heterocycles. The van der Waals surface area contributed by atoms with Gasteiger partial charge in [-0.2, -0.15) is 0 Å². The lowest BCUT2D eigenvalue weighted by atomic mass is 10.1. The van der Waals surface area contributed by atoms with E-state index >= 15 is 0 Å². The molecule has 0 atom stereocenters. The maximum absolute atomic E-state index is 13.0. The molecule has 7 heteroatoms. The van der Waals surface area contributed by atoms with Crippen molar-refractivity contribution in [3.63, 3.8) is 0 Å². The van der Waals surface area contributed by atoms with Crippen molar-refractivity contribution >= 4 is 17.8 Å². The summed E-state index contributed by atoms with van der Waals surface area (Å²) in [7, 11) is 1.58. The summed E-state index contributed by atoms with van der Waals surface area (Å²) in [5.74, 6) is 0.251. The molecule has 7 nitrogen and oxygen atoms in total. The van der Waals surface area contributed by atoms with Crippen LogP contribution in [0, 0.1) is 19.8 Å². The summed E-state index contributed by atoms with van der Waals surface area (Å²) in [4.78, 5) is 31.9. The van der Waals surface area contributed by atoms with E-state index in [2.05, 4.69) is 31.3 Å². The van der Waals surface area contributed by atoms with Gasteiger partial charge in [0.05, 0.1) is 12.3 Å². The Balaban J connectivity index is 1.89. The van der Waals surface area contributed by atoms with Gasteiger partial charge in [0, 0.05) is 37.5 Å². The van der Waals surface area contributed by atoms with Crippen LogP contribution in [0.5, 0.6) is 0 Å². The molecule has 0 fully saturated rings. The lowest BCUT2D eigenvalue weighted by molar-refractivity contribution is -0.136. The molecular formula is C27H34N4O3. The summed E-state index contributed by atoms with van der Waals surface area (Å²) < 4.78 is 7.01. The van der Waals surface area contributed by atoms with Gasteiger partial charge in [0.1, 0.15) is 6.54 Å². The molecule has 0 bridgehead atoms. The Hall–Kier alpha value is -3.45. The molecular weight excluding hydrogens is 428 g/mol. The number of ether oxygens (including phenoxy) is 1. The number of aryl methyl sites for hydroxylation is 2. The molecule has 0 aliphatic heterocycles. The number of nitrogens with zero attached hydrogens (tertiary/aromatic N) is 3. The quantitative estimate of drug-likeness (QED) is 0.477. The molecule has 0 spiro atoms. The van der Waals surface area contributed by atoms with Crippen molar-refractivity contribution in [3.05, 3.63) is 65.9 Å². The van der Waals surface area contributed by atoms with E-state index in [9.17, 15) is 9.59 Å². The van der Waals surface area contributed by atoms with Gasteiger partial charge in [0.2, 0.25) is 17.8 Å². The van der Waals surface area contributed by atoms with E-state index in [1.807, 2.05) is 61.0 Å². The Morgan fingerprint density at radius 3 is 2.47 bits per heavy atom. The summed E-state index contributed by atoms with van der Waals surface area (Å²) in [6.07, 6.45) is 2.30. The van der Waals surface area contributed by atoms with E-state index in [0.717, 1.165) is 22.5 Å². The van der Waals surface area contributed by atoms with Crippen LogP contribution in [-0.2, 0) is 14.3 Å². The summed E-state index contributed by atoms with van der Waals surface area (Å²) in [5, 5.41) is 2.93. The van der Waals surface area contributed by atoms with Crippen LogP contribution < -0.4 is 5.32 Å². The Bertz CT molecular complexity index is 1120. The van der Waals surface area contributed by atoms with Crippen molar-refractivity contribution in [1.29, 1.82) is 0 Å². The third kappa shape index (κ3) is 6.54. The monoisotopic (exact) mass is 462 g/mol. The number of rotatable bonds is 10. The number of imidazole rings is 1. The number of hydrogen-bond donors (Lipinski definition) is 1. The van der Waals surface area contributed by atoms with Gasteiger partial charge in [-0.25, -0.2) is 4.98 Å². The molecule has 3 rings (SSSR count). The SMILES string of the molecule is COCCN(CC(=O)Nc1nc(-c2ccccc2)cn1-c1ccc(C)c(C)c1)C(=O)CC(C)C. The smallest absolute Gasteiger partial charge is 0.246 e. The van der Waals surface area contributed by atoms with Gasteiger partial charge >= 0.3 is 0 Å². The summed E-state index contributed by atoms with van der Waals surface area (Å²) in [6, 6.07) is 16.0. The van der Waals surface area contributed by atoms with Gasteiger partial charge in [0.15, 0.2) is 0 Å². The van der Waals surface area contributed by atoms with Crippen LogP contribution in [0.1, 0.15) is 31.4 Å². The highest BCUT2D eigenvalue weighted by molar-refractivity contribution is 5.94. The van der Waals surface area contributed by atoms with Gasteiger partial charge in [0.25, 0.3) is 0 Å². The minimum atomic E-state index is -0.302. The predicted molar refractivity (Wildman–Crippen MR) is 135 cm³/mol.